The van der Waals surface area contributed by atoms with Gasteiger partial charge in [-0.2, -0.15) is 5.26 Å². The molecule has 0 aliphatic carbocycles. The zero-order chi connectivity index (χ0) is 26.9. The fourth-order valence-corrected chi connectivity index (χ4v) is 4.28. The molecule has 1 aliphatic heterocycles. The van der Waals surface area contributed by atoms with Gasteiger partial charge in [-0.05, 0) is 73.7 Å². The molecule has 0 unspecified atom stereocenters. The molecule has 36 heavy (non-hydrogen) atoms. The lowest BCUT2D eigenvalue weighted by molar-refractivity contribution is -0.143. The Morgan fingerprint density at radius 3 is 2.50 bits per heavy atom. The number of nitrogens with zero attached hydrogens (tertiary/aromatic N) is 1. The Labute approximate surface area is 219 Å². The minimum absolute atomic E-state index is 0.00763. The number of carbonyl (C=O) groups is 2. The van der Waals surface area contributed by atoms with Crippen molar-refractivity contribution in [2.75, 3.05) is 7.11 Å². The molecule has 9 heteroatoms. The van der Waals surface area contributed by atoms with Gasteiger partial charge in [0.1, 0.15) is 29.7 Å². The first-order chi connectivity index (χ1) is 16.8. The second kappa shape index (κ2) is 10.5. The summed E-state index contributed by atoms with van der Waals surface area (Å²) in [4.78, 5) is 25.9. The fraction of sp³-hybridized carbons (Fsp3) is 0.444. The molecule has 0 amide bonds. The number of nitriles is 1. The maximum Gasteiger partial charge on any atom is 0.346 e. The molecule has 1 aliphatic rings. The van der Waals surface area contributed by atoms with Gasteiger partial charge in [0.25, 0.3) is 0 Å². The molecular formula is C27H30BrNO7. The Morgan fingerprint density at radius 1 is 1.28 bits per heavy atom. The normalized spacial score (nSPS) is 13.9. The zero-order valence-electron chi connectivity index (χ0n) is 21.4. The lowest BCUT2D eigenvalue weighted by Crippen LogP contribution is -2.26. The van der Waals surface area contributed by atoms with E-state index in [1.54, 1.807) is 33.8 Å². The number of aliphatic hydroxyl groups excluding tert-OH is 1. The monoisotopic (exact) mass is 559 g/mol. The molecule has 8 nitrogen and oxygen atoms in total. The number of esters is 2. The molecule has 1 N–H and O–H groups in total. The summed E-state index contributed by atoms with van der Waals surface area (Å²) in [6.45, 7) is 10.5. The van der Waals surface area contributed by atoms with Crippen LogP contribution >= 0.6 is 15.9 Å². The maximum absolute atomic E-state index is 13.1. The van der Waals surface area contributed by atoms with Crippen LogP contribution in [0.4, 0.5) is 0 Å². The van der Waals surface area contributed by atoms with Crippen molar-refractivity contribution in [1.82, 2.24) is 0 Å². The van der Waals surface area contributed by atoms with Crippen LogP contribution in [0.5, 0.6) is 23.0 Å². The molecule has 1 heterocycles. The standard InChI is InChI=1S/C27H30BrNO7/c1-13(2)10-18(30)15-8-9-19-20(22(15)33-7)25(31)34-12-17-16(11-29)14(3)21(28)24(23(17)35-19)36-26(32)27(4,5)6/h8-9,13,18,30H,10,12H2,1-7H3/t18-/m0/s1. The minimum Gasteiger partial charge on any atom is -0.495 e. The Morgan fingerprint density at radius 2 is 1.94 bits per heavy atom. The zero-order valence-corrected chi connectivity index (χ0v) is 23.0. The highest BCUT2D eigenvalue weighted by molar-refractivity contribution is 9.10. The fourth-order valence-electron chi connectivity index (χ4n) is 3.83. The largest absolute Gasteiger partial charge is 0.495 e. The van der Waals surface area contributed by atoms with Gasteiger partial charge in [0.05, 0.1) is 34.2 Å². The van der Waals surface area contributed by atoms with Crippen LogP contribution in [0.3, 0.4) is 0 Å². The van der Waals surface area contributed by atoms with E-state index in [-0.39, 0.29) is 52.2 Å². The second-order valence-electron chi connectivity index (χ2n) is 10.1. The van der Waals surface area contributed by atoms with Gasteiger partial charge in [-0.3, -0.25) is 4.79 Å². The number of fused-ring (bicyclic) bond motifs is 2. The molecule has 1 atom stereocenters. The molecule has 2 aromatic rings. The van der Waals surface area contributed by atoms with Gasteiger partial charge >= 0.3 is 11.9 Å². The molecule has 0 saturated heterocycles. The summed E-state index contributed by atoms with van der Waals surface area (Å²) in [7, 11) is 1.39. The number of hydrogen-bond donors (Lipinski definition) is 1. The molecule has 192 valence electrons. The third-order valence-corrected chi connectivity index (χ3v) is 6.73. The third kappa shape index (κ3) is 5.20. The SMILES string of the molecule is COc1c([C@@H](O)CC(C)C)ccc2c1C(=O)OCc1c(C#N)c(C)c(Br)c(OC(=O)C(C)(C)C)c1O2. The summed E-state index contributed by atoms with van der Waals surface area (Å²) < 4.78 is 23.5. The van der Waals surface area contributed by atoms with Crippen molar-refractivity contribution in [2.45, 2.75) is 60.7 Å². The Hall–Kier alpha value is -3.09. The number of cyclic esters (lactones) is 1. The molecule has 0 saturated carbocycles. The molecule has 3 rings (SSSR count). The number of rotatable bonds is 5. The minimum atomic E-state index is -0.874. The van der Waals surface area contributed by atoms with E-state index < -0.39 is 23.5 Å². The van der Waals surface area contributed by atoms with E-state index in [1.807, 2.05) is 13.8 Å². The Kier molecular flexibility index (Phi) is 8.01. The Balaban J connectivity index is 2.27. The predicted molar refractivity (Wildman–Crippen MR) is 135 cm³/mol. The summed E-state index contributed by atoms with van der Waals surface area (Å²) in [6, 6.07) is 5.28. The van der Waals surface area contributed by atoms with Crippen molar-refractivity contribution in [3.05, 3.63) is 44.4 Å². The predicted octanol–water partition coefficient (Wildman–Crippen LogP) is 6.13. The van der Waals surface area contributed by atoms with Crippen LogP contribution in [0, 0.1) is 29.6 Å². The van der Waals surface area contributed by atoms with Crippen molar-refractivity contribution in [2.24, 2.45) is 11.3 Å². The van der Waals surface area contributed by atoms with Gasteiger partial charge < -0.3 is 24.1 Å². The average Bonchev–Trinajstić information content (AvgIpc) is 2.79. The average molecular weight is 560 g/mol. The summed E-state index contributed by atoms with van der Waals surface area (Å²) in [5.74, 6) is -0.682. The smallest absolute Gasteiger partial charge is 0.346 e. The number of aliphatic hydroxyl groups is 1. The summed E-state index contributed by atoms with van der Waals surface area (Å²) in [5.41, 5.74) is 0.625. The number of ether oxygens (including phenoxy) is 4. The van der Waals surface area contributed by atoms with E-state index in [0.29, 0.717) is 22.0 Å². The first kappa shape index (κ1) is 27.5. The maximum atomic E-state index is 13.1. The summed E-state index contributed by atoms with van der Waals surface area (Å²) >= 11 is 3.45. The molecular weight excluding hydrogens is 530 g/mol. The van der Waals surface area contributed by atoms with Crippen LogP contribution in [0.1, 0.15) is 79.8 Å². The van der Waals surface area contributed by atoms with Crippen molar-refractivity contribution in [1.29, 1.82) is 5.26 Å². The van der Waals surface area contributed by atoms with Crippen molar-refractivity contribution >= 4 is 27.9 Å². The van der Waals surface area contributed by atoms with Gasteiger partial charge in [-0.15, -0.1) is 0 Å². The molecule has 0 bridgehead atoms. The second-order valence-corrected chi connectivity index (χ2v) is 10.9. The summed E-state index contributed by atoms with van der Waals surface area (Å²) in [5, 5.41) is 20.6. The molecule has 0 fully saturated rings. The van der Waals surface area contributed by atoms with Crippen molar-refractivity contribution < 1.29 is 33.6 Å². The van der Waals surface area contributed by atoms with E-state index in [1.165, 1.54) is 13.2 Å². The van der Waals surface area contributed by atoms with Gasteiger partial charge in [0, 0.05) is 5.56 Å². The number of benzene rings is 2. The van der Waals surface area contributed by atoms with E-state index in [9.17, 15) is 20.0 Å². The number of carbonyl (C=O) groups excluding carboxylic acids is 2. The molecule has 0 radical (unpaired) electrons. The van der Waals surface area contributed by atoms with Crippen LogP contribution in [0.2, 0.25) is 0 Å². The van der Waals surface area contributed by atoms with Crippen LogP contribution < -0.4 is 14.2 Å². The van der Waals surface area contributed by atoms with E-state index in [0.717, 1.165) is 0 Å². The van der Waals surface area contributed by atoms with Gasteiger partial charge in [-0.25, -0.2) is 4.79 Å². The third-order valence-electron chi connectivity index (χ3n) is 5.78. The van der Waals surface area contributed by atoms with Gasteiger partial charge in [0.15, 0.2) is 11.5 Å². The topological polar surface area (TPSA) is 115 Å². The Bertz CT molecular complexity index is 1250. The van der Waals surface area contributed by atoms with Crippen molar-refractivity contribution in [3.8, 4) is 29.1 Å². The van der Waals surface area contributed by atoms with E-state index in [4.69, 9.17) is 18.9 Å². The highest BCUT2D eigenvalue weighted by Gasteiger charge is 2.34. The number of methoxy groups -OCH3 is 1. The summed E-state index contributed by atoms with van der Waals surface area (Å²) in [6.07, 6.45) is -0.417. The van der Waals surface area contributed by atoms with E-state index >= 15 is 0 Å². The quantitative estimate of drug-likeness (QED) is 0.343. The lowest BCUT2D eigenvalue weighted by Gasteiger charge is -2.26. The highest BCUT2D eigenvalue weighted by atomic mass is 79.9. The molecule has 2 aromatic carbocycles. The van der Waals surface area contributed by atoms with E-state index in [2.05, 4.69) is 22.0 Å². The molecule has 0 aromatic heterocycles. The van der Waals surface area contributed by atoms with Gasteiger partial charge in [0.2, 0.25) is 0 Å². The number of hydrogen-bond acceptors (Lipinski definition) is 8. The van der Waals surface area contributed by atoms with Crippen molar-refractivity contribution in [3.63, 3.8) is 0 Å². The highest BCUT2D eigenvalue weighted by Crippen LogP contribution is 2.49. The first-order valence-corrected chi connectivity index (χ1v) is 12.3. The molecule has 0 spiro atoms. The van der Waals surface area contributed by atoms with Crippen LogP contribution in [0.15, 0.2) is 16.6 Å². The first-order valence-electron chi connectivity index (χ1n) is 11.5. The van der Waals surface area contributed by atoms with Crippen LogP contribution in [-0.2, 0) is 16.1 Å². The lowest BCUT2D eigenvalue weighted by atomic mass is 9.95. The van der Waals surface area contributed by atoms with Crippen LogP contribution in [-0.4, -0.2) is 24.2 Å². The number of halogens is 1. The van der Waals surface area contributed by atoms with Crippen LogP contribution in [0.25, 0.3) is 0 Å². The van der Waals surface area contributed by atoms with Gasteiger partial charge in [-0.1, -0.05) is 13.8 Å².